The Hall–Kier alpha value is -1.25. The number of carboxylic acids is 1. The second-order valence-electron chi connectivity index (χ2n) is 13.6. The largest absolute Gasteiger partial charge is 0.481 e. The van der Waals surface area contributed by atoms with Crippen molar-refractivity contribution >= 4 is 64.4 Å². The number of carbonyl (C=O) groups is 3. The van der Waals surface area contributed by atoms with E-state index in [4.69, 9.17) is 45.2 Å². The molecule has 230 valence electrons. The van der Waals surface area contributed by atoms with E-state index in [1.165, 1.54) is 4.90 Å². The quantitative estimate of drug-likeness (QED) is 0.213. The van der Waals surface area contributed by atoms with Crippen molar-refractivity contribution in [2.24, 2.45) is 27.7 Å². The summed E-state index contributed by atoms with van der Waals surface area (Å²) in [5, 5.41) is 16.6. The summed E-state index contributed by atoms with van der Waals surface area (Å²) in [6.07, 6.45) is 7.91. The van der Waals surface area contributed by atoms with Crippen molar-refractivity contribution in [2.45, 2.75) is 119 Å². The monoisotopic (exact) mass is 633 g/mol. The van der Waals surface area contributed by atoms with E-state index in [1.807, 2.05) is 0 Å². The predicted octanol–water partition coefficient (Wildman–Crippen LogP) is 6.44. The maximum absolute atomic E-state index is 14.6. The van der Waals surface area contributed by atoms with Gasteiger partial charge in [-0.15, -0.1) is 34.8 Å². The number of halogens is 4. The smallest absolute Gasteiger partial charge is 0.309 e. The first-order valence-corrected chi connectivity index (χ1v) is 16.2. The standard InChI is InChI=1S/C30H43Cl3FN3O4/c1-28(2)5-3-19(4-6-28)37(17-24(38)25-21(32)13-18(31)14-22(25)33)26(39)20(16-35)23(15-34)36-30-10-7-29(8-11-30,9-12-30)27(40)41/h16,18-22,25,35H,3-15,17H2,1-2H3,(H,40,41). The topological polar surface area (TPSA) is 111 Å². The number of aliphatic imine (C=N–C) groups is 1. The van der Waals surface area contributed by atoms with Crippen LogP contribution in [-0.4, -0.2) is 80.5 Å². The van der Waals surface area contributed by atoms with Gasteiger partial charge in [0, 0.05) is 28.4 Å². The molecule has 0 aromatic rings. The van der Waals surface area contributed by atoms with Gasteiger partial charge in [-0.05, 0) is 82.5 Å². The van der Waals surface area contributed by atoms with E-state index in [-0.39, 0.29) is 34.9 Å². The number of aliphatic carboxylic acids is 1. The first-order valence-electron chi connectivity index (χ1n) is 14.9. The van der Waals surface area contributed by atoms with E-state index >= 15 is 0 Å². The fourth-order valence-corrected chi connectivity index (χ4v) is 9.20. The number of hydrogen-bond acceptors (Lipinski definition) is 5. The molecule has 0 aromatic heterocycles. The number of amides is 1. The number of fused-ring (bicyclic) bond motifs is 3. The van der Waals surface area contributed by atoms with Crippen molar-refractivity contribution in [3.8, 4) is 0 Å². The number of Topliss-reactive ketones (excluding diaryl/α,β-unsaturated/α-hetero) is 1. The highest BCUT2D eigenvalue weighted by Gasteiger charge is 2.53. The number of carboxylic acid groups (broad SMARTS) is 1. The highest BCUT2D eigenvalue weighted by atomic mass is 35.5. The first kappa shape index (κ1) is 32.7. The first-order chi connectivity index (χ1) is 19.3. The zero-order valence-electron chi connectivity index (χ0n) is 24.0. The van der Waals surface area contributed by atoms with E-state index in [9.17, 15) is 23.9 Å². The molecule has 2 N–H and O–H groups in total. The van der Waals surface area contributed by atoms with Gasteiger partial charge in [-0.2, -0.15) is 0 Å². The van der Waals surface area contributed by atoms with Crippen LogP contribution in [0.2, 0.25) is 0 Å². The van der Waals surface area contributed by atoms with Crippen LogP contribution < -0.4 is 0 Å². The van der Waals surface area contributed by atoms with Gasteiger partial charge in [0.1, 0.15) is 12.6 Å². The minimum Gasteiger partial charge on any atom is -0.481 e. The third kappa shape index (κ3) is 6.95. The summed E-state index contributed by atoms with van der Waals surface area (Å²) in [7, 11) is 0. The van der Waals surface area contributed by atoms with Gasteiger partial charge in [0.15, 0.2) is 5.78 Å². The van der Waals surface area contributed by atoms with Crippen molar-refractivity contribution in [1.29, 1.82) is 5.41 Å². The van der Waals surface area contributed by atoms with Gasteiger partial charge in [-0.25, -0.2) is 4.39 Å². The Labute approximate surface area is 257 Å². The molecule has 2 bridgehead atoms. The van der Waals surface area contributed by atoms with Gasteiger partial charge < -0.3 is 15.4 Å². The normalized spacial score (nSPS) is 36.4. The van der Waals surface area contributed by atoms with E-state index in [0.29, 0.717) is 64.2 Å². The Morgan fingerprint density at radius 2 is 1.54 bits per heavy atom. The Bertz CT molecular complexity index is 1020. The number of nitrogens with zero attached hydrogens (tertiary/aromatic N) is 2. The van der Waals surface area contributed by atoms with Crippen molar-refractivity contribution < 1.29 is 23.9 Å². The van der Waals surface area contributed by atoms with Crippen LogP contribution in [0.15, 0.2) is 4.99 Å². The predicted molar refractivity (Wildman–Crippen MR) is 161 cm³/mol. The molecule has 3 atom stereocenters. The molecular weight excluding hydrogens is 592 g/mol. The Morgan fingerprint density at radius 1 is 1.00 bits per heavy atom. The lowest BCUT2D eigenvalue weighted by molar-refractivity contribution is -0.155. The lowest BCUT2D eigenvalue weighted by atomic mass is 9.57. The summed E-state index contributed by atoms with van der Waals surface area (Å²) in [5.41, 5.74) is -1.25. The average Bonchev–Trinajstić information content (AvgIpc) is 2.92. The maximum atomic E-state index is 14.6. The zero-order valence-corrected chi connectivity index (χ0v) is 26.3. The zero-order chi connectivity index (χ0) is 30.2. The SMILES string of the molecule is CC1(C)CCC(N(CC(=O)C2C(Cl)CC(Cl)CC2Cl)C(=O)C(C=N)C(CF)=NC23CCC(C(=O)O)(CC2)CC3)CC1. The van der Waals surface area contributed by atoms with Gasteiger partial charge in [0.05, 0.1) is 29.1 Å². The molecule has 0 heterocycles. The Morgan fingerprint density at radius 3 is 2.00 bits per heavy atom. The molecule has 11 heteroatoms. The highest BCUT2D eigenvalue weighted by molar-refractivity contribution is 6.29. The number of alkyl halides is 4. The molecule has 5 rings (SSSR count). The van der Waals surface area contributed by atoms with Gasteiger partial charge in [-0.3, -0.25) is 19.4 Å². The Balaban J connectivity index is 1.59. The lowest BCUT2D eigenvalue weighted by Gasteiger charge is -2.49. The third-order valence-electron chi connectivity index (χ3n) is 10.4. The number of nitrogens with one attached hydrogen (secondary N) is 1. The van der Waals surface area contributed by atoms with Crippen LogP contribution in [0.4, 0.5) is 4.39 Å². The van der Waals surface area contributed by atoms with Gasteiger partial charge in [0.2, 0.25) is 5.91 Å². The van der Waals surface area contributed by atoms with Crippen LogP contribution in [0.1, 0.15) is 90.9 Å². The van der Waals surface area contributed by atoms with E-state index in [0.717, 1.165) is 19.1 Å². The summed E-state index contributed by atoms with van der Waals surface area (Å²) in [4.78, 5) is 46.0. The second kappa shape index (κ2) is 12.8. The lowest BCUT2D eigenvalue weighted by Crippen LogP contribution is -2.53. The molecule has 5 aliphatic carbocycles. The summed E-state index contributed by atoms with van der Waals surface area (Å²) < 4.78 is 14.6. The number of hydrogen-bond donors (Lipinski definition) is 2. The molecular formula is C30H43Cl3FN3O4. The van der Waals surface area contributed by atoms with Crippen molar-refractivity contribution in [1.82, 2.24) is 4.90 Å². The Kier molecular flexibility index (Phi) is 10.2. The maximum Gasteiger partial charge on any atom is 0.309 e. The molecule has 0 saturated heterocycles. The van der Waals surface area contributed by atoms with E-state index in [2.05, 4.69) is 13.8 Å². The van der Waals surface area contributed by atoms with Crippen molar-refractivity contribution in [2.75, 3.05) is 13.2 Å². The molecule has 0 aromatic carbocycles. The summed E-state index contributed by atoms with van der Waals surface area (Å²) in [5.74, 6) is -3.42. The minimum absolute atomic E-state index is 0.0172. The molecule has 1 amide bonds. The van der Waals surface area contributed by atoms with E-state index < -0.39 is 52.1 Å². The van der Waals surface area contributed by atoms with Crippen LogP contribution in [0, 0.1) is 28.1 Å². The average molecular weight is 635 g/mol. The van der Waals surface area contributed by atoms with Crippen LogP contribution in [0.3, 0.4) is 0 Å². The molecule has 41 heavy (non-hydrogen) atoms. The van der Waals surface area contributed by atoms with Crippen LogP contribution in [-0.2, 0) is 14.4 Å². The molecule has 0 aliphatic heterocycles. The van der Waals surface area contributed by atoms with E-state index in [1.54, 1.807) is 0 Å². The summed E-state index contributed by atoms with van der Waals surface area (Å²) in [6.45, 7) is 3.17. The fourth-order valence-electron chi connectivity index (χ4n) is 7.49. The van der Waals surface area contributed by atoms with Crippen LogP contribution in [0.5, 0.6) is 0 Å². The summed E-state index contributed by atoms with van der Waals surface area (Å²) >= 11 is 19.4. The molecule has 5 saturated carbocycles. The second-order valence-corrected chi connectivity index (χ2v) is 15.4. The molecule has 0 spiro atoms. The van der Waals surface area contributed by atoms with Gasteiger partial charge >= 0.3 is 5.97 Å². The van der Waals surface area contributed by atoms with Gasteiger partial charge in [0.25, 0.3) is 0 Å². The minimum atomic E-state index is -1.23. The molecule has 5 aliphatic rings. The van der Waals surface area contributed by atoms with Crippen molar-refractivity contribution in [3.63, 3.8) is 0 Å². The number of ketones is 1. The number of rotatable bonds is 10. The van der Waals surface area contributed by atoms with Crippen molar-refractivity contribution in [3.05, 3.63) is 0 Å². The fraction of sp³-hybridized carbons (Fsp3) is 0.833. The number of carbonyl (C=O) groups excluding carboxylic acids is 2. The van der Waals surface area contributed by atoms with Crippen LogP contribution >= 0.6 is 34.8 Å². The molecule has 3 unspecified atom stereocenters. The molecule has 5 fully saturated rings. The highest BCUT2D eigenvalue weighted by Crippen LogP contribution is 2.54. The molecule has 7 nitrogen and oxygen atoms in total. The van der Waals surface area contributed by atoms with Crippen LogP contribution in [0.25, 0.3) is 0 Å². The molecule has 0 radical (unpaired) electrons. The summed E-state index contributed by atoms with van der Waals surface area (Å²) in [6, 6.07) is -0.228. The van der Waals surface area contributed by atoms with Gasteiger partial charge in [-0.1, -0.05) is 13.8 Å². The third-order valence-corrected chi connectivity index (χ3v) is 11.7.